The fraction of sp³-hybridized carbons (Fsp3) is 0.600. The molecule has 1 unspecified atom stereocenters. The molecule has 0 saturated carbocycles. The average molecular weight is 251 g/mol. The number of rotatable bonds is 8. The zero-order valence-electron chi connectivity index (χ0n) is 11.7. The normalized spacial score (nSPS) is 14.2. The van der Waals surface area contributed by atoms with E-state index in [2.05, 4.69) is 24.4 Å². The summed E-state index contributed by atoms with van der Waals surface area (Å²) in [4.78, 5) is 0. The summed E-state index contributed by atoms with van der Waals surface area (Å²) < 4.78 is 5.12. The molecule has 102 valence electrons. The summed E-state index contributed by atoms with van der Waals surface area (Å²) in [5.74, 6) is 0.887. The molecule has 0 bridgehead atoms. The molecule has 1 rings (SSSR count). The standard InChI is InChI=1S/C15H25NO2/c1-4-10-15(2,17)12-16-11-9-13-5-7-14(18-3)8-6-13/h5-8,16-17H,4,9-12H2,1-3H3. The molecule has 0 saturated heterocycles. The fourth-order valence-electron chi connectivity index (χ4n) is 2.01. The summed E-state index contributed by atoms with van der Waals surface area (Å²) in [6.07, 6.45) is 2.81. The van der Waals surface area contributed by atoms with E-state index < -0.39 is 5.60 Å². The summed E-state index contributed by atoms with van der Waals surface area (Å²) in [7, 11) is 1.67. The lowest BCUT2D eigenvalue weighted by atomic mass is 10.0. The number of methoxy groups -OCH3 is 1. The molecule has 2 N–H and O–H groups in total. The van der Waals surface area contributed by atoms with E-state index in [1.807, 2.05) is 19.1 Å². The van der Waals surface area contributed by atoms with E-state index in [0.717, 1.165) is 31.6 Å². The second kappa shape index (κ2) is 7.39. The second-order valence-electron chi connectivity index (χ2n) is 5.02. The Balaban J connectivity index is 2.25. The van der Waals surface area contributed by atoms with Crippen LogP contribution in [0.4, 0.5) is 0 Å². The highest BCUT2D eigenvalue weighted by atomic mass is 16.5. The molecule has 18 heavy (non-hydrogen) atoms. The van der Waals surface area contributed by atoms with Crippen molar-refractivity contribution in [3.63, 3.8) is 0 Å². The number of hydrogen-bond donors (Lipinski definition) is 2. The van der Waals surface area contributed by atoms with E-state index in [1.165, 1.54) is 5.56 Å². The van der Waals surface area contributed by atoms with Crippen molar-refractivity contribution in [2.45, 2.75) is 38.7 Å². The van der Waals surface area contributed by atoms with Gasteiger partial charge in [0.15, 0.2) is 0 Å². The van der Waals surface area contributed by atoms with Gasteiger partial charge in [-0.25, -0.2) is 0 Å². The van der Waals surface area contributed by atoms with Crippen molar-refractivity contribution in [1.82, 2.24) is 5.32 Å². The van der Waals surface area contributed by atoms with Gasteiger partial charge in [-0.05, 0) is 44.0 Å². The van der Waals surface area contributed by atoms with E-state index in [0.29, 0.717) is 6.54 Å². The molecule has 1 atom stereocenters. The Morgan fingerprint density at radius 1 is 1.28 bits per heavy atom. The van der Waals surface area contributed by atoms with Gasteiger partial charge in [-0.15, -0.1) is 0 Å². The SMILES string of the molecule is CCCC(C)(O)CNCCc1ccc(OC)cc1. The van der Waals surface area contributed by atoms with Crippen LogP contribution in [0.5, 0.6) is 5.75 Å². The third-order valence-corrected chi connectivity index (χ3v) is 3.04. The first-order chi connectivity index (χ1) is 8.57. The number of aliphatic hydroxyl groups is 1. The van der Waals surface area contributed by atoms with E-state index >= 15 is 0 Å². The zero-order chi connectivity index (χ0) is 13.4. The molecule has 3 nitrogen and oxygen atoms in total. The van der Waals surface area contributed by atoms with Gasteiger partial charge < -0.3 is 15.2 Å². The largest absolute Gasteiger partial charge is 0.497 e. The molecule has 0 amide bonds. The maximum absolute atomic E-state index is 10.0. The molecule has 0 aromatic heterocycles. The molecule has 0 aliphatic heterocycles. The Kier molecular flexibility index (Phi) is 6.16. The summed E-state index contributed by atoms with van der Waals surface area (Å²) in [5.41, 5.74) is 0.688. The van der Waals surface area contributed by atoms with Crippen LogP contribution in [0.15, 0.2) is 24.3 Å². The van der Waals surface area contributed by atoms with Crippen LogP contribution in [0.25, 0.3) is 0 Å². The highest BCUT2D eigenvalue weighted by Gasteiger charge is 2.17. The van der Waals surface area contributed by atoms with Gasteiger partial charge >= 0.3 is 0 Å². The minimum atomic E-state index is -0.589. The van der Waals surface area contributed by atoms with Crippen LogP contribution in [-0.2, 0) is 6.42 Å². The zero-order valence-corrected chi connectivity index (χ0v) is 11.7. The number of hydrogen-bond acceptors (Lipinski definition) is 3. The number of benzene rings is 1. The Hall–Kier alpha value is -1.06. The lowest BCUT2D eigenvalue weighted by molar-refractivity contribution is 0.0504. The number of nitrogens with one attached hydrogen (secondary N) is 1. The van der Waals surface area contributed by atoms with Crippen molar-refractivity contribution in [1.29, 1.82) is 0 Å². The fourth-order valence-corrected chi connectivity index (χ4v) is 2.01. The summed E-state index contributed by atoms with van der Waals surface area (Å²) in [6.45, 7) is 5.51. The van der Waals surface area contributed by atoms with Crippen molar-refractivity contribution in [3.05, 3.63) is 29.8 Å². The van der Waals surface area contributed by atoms with E-state index in [4.69, 9.17) is 4.74 Å². The first-order valence-electron chi connectivity index (χ1n) is 6.63. The highest BCUT2D eigenvalue weighted by Crippen LogP contribution is 2.12. The van der Waals surface area contributed by atoms with Crippen molar-refractivity contribution >= 4 is 0 Å². The monoisotopic (exact) mass is 251 g/mol. The lowest BCUT2D eigenvalue weighted by Gasteiger charge is -2.23. The Morgan fingerprint density at radius 3 is 2.50 bits per heavy atom. The maximum atomic E-state index is 10.0. The predicted octanol–water partition coefficient (Wildman–Crippen LogP) is 2.38. The Morgan fingerprint density at radius 2 is 1.94 bits per heavy atom. The highest BCUT2D eigenvalue weighted by molar-refractivity contribution is 5.27. The smallest absolute Gasteiger partial charge is 0.118 e. The van der Waals surface area contributed by atoms with Gasteiger partial charge in [-0.2, -0.15) is 0 Å². The molecule has 3 heteroatoms. The molecule has 0 aliphatic rings. The van der Waals surface area contributed by atoms with E-state index in [9.17, 15) is 5.11 Å². The van der Waals surface area contributed by atoms with Crippen LogP contribution in [0.3, 0.4) is 0 Å². The molecule has 0 aliphatic carbocycles. The van der Waals surface area contributed by atoms with Gasteiger partial charge in [0.1, 0.15) is 5.75 Å². The van der Waals surface area contributed by atoms with Gasteiger partial charge in [0, 0.05) is 6.54 Å². The molecule has 0 spiro atoms. The molecule has 0 fully saturated rings. The lowest BCUT2D eigenvalue weighted by Crippen LogP contribution is -2.38. The van der Waals surface area contributed by atoms with Crippen molar-refractivity contribution in [3.8, 4) is 5.75 Å². The second-order valence-corrected chi connectivity index (χ2v) is 5.02. The topological polar surface area (TPSA) is 41.5 Å². The van der Waals surface area contributed by atoms with Crippen molar-refractivity contribution in [2.75, 3.05) is 20.2 Å². The molecule has 1 aromatic rings. The Labute approximate surface area is 110 Å². The van der Waals surface area contributed by atoms with Gasteiger partial charge in [0.05, 0.1) is 12.7 Å². The van der Waals surface area contributed by atoms with Crippen molar-refractivity contribution in [2.24, 2.45) is 0 Å². The third-order valence-electron chi connectivity index (χ3n) is 3.04. The number of ether oxygens (including phenoxy) is 1. The van der Waals surface area contributed by atoms with Crippen LogP contribution in [0.2, 0.25) is 0 Å². The summed E-state index contributed by atoms with van der Waals surface area (Å²) >= 11 is 0. The van der Waals surface area contributed by atoms with Gasteiger partial charge in [0.25, 0.3) is 0 Å². The minimum Gasteiger partial charge on any atom is -0.497 e. The minimum absolute atomic E-state index is 0.589. The molecular weight excluding hydrogens is 226 g/mol. The van der Waals surface area contributed by atoms with Crippen LogP contribution >= 0.6 is 0 Å². The average Bonchev–Trinajstić information content (AvgIpc) is 2.35. The van der Waals surface area contributed by atoms with Crippen LogP contribution in [0, 0.1) is 0 Å². The van der Waals surface area contributed by atoms with Gasteiger partial charge in [-0.3, -0.25) is 0 Å². The quantitative estimate of drug-likeness (QED) is 0.697. The van der Waals surface area contributed by atoms with Crippen LogP contribution < -0.4 is 10.1 Å². The van der Waals surface area contributed by atoms with Crippen LogP contribution in [-0.4, -0.2) is 30.9 Å². The summed E-state index contributed by atoms with van der Waals surface area (Å²) in [5, 5.41) is 13.3. The van der Waals surface area contributed by atoms with Gasteiger partial charge in [0.2, 0.25) is 0 Å². The molecular formula is C15H25NO2. The van der Waals surface area contributed by atoms with Crippen LogP contribution in [0.1, 0.15) is 32.3 Å². The Bertz CT molecular complexity index is 333. The third kappa shape index (κ3) is 5.52. The first-order valence-corrected chi connectivity index (χ1v) is 6.63. The van der Waals surface area contributed by atoms with Crippen molar-refractivity contribution < 1.29 is 9.84 Å². The first kappa shape index (κ1) is 15.0. The molecule has 0 heterocycles. The molecule has 1 aromatic carbocycles. The maximum Gasteiger partial charge on any atom is 0.118 e. The van der Waals surface area contributed by atoms with E-state index in [-0.39, 0.29) is 0 Å². The summed E-state index contributed by atoms with van der Waals surface area (Å²) in [6, 6.07) is 8.10. The molecule has 0 radical (unpaired) electrons. The van der Waals surface area contributed by atoms with Gasteiger partial charge in [-0.1, -0.05) is 25.5 Å². The van der Waals surface area contributed by atoms with E-state index in [1.54, 1.807) is 7.11 Å². The predicted molar refractivity (Wildman–Crippen MR) is 75.1 cm³/mol.